The molecule has 0 aliphatic carbocycles. The molecule has 1 heterocycles. The van der Waals surface area contributed by atoms with Crippen LogP contribution in [0.3, 0.4) is 0 Å². The fourth-order valence-corrected chi connectivity index (χ4v) is 1.68. The van der Waals surface area contributed by atoms with Crippen LogP contribution in [0.4, 0.5) is 0 Å². The minimum Gasteiger partial charge on any atom is -0.370 e. The van der Waals surface area contributed by atoms with Crippen molar-refractivity contribution in [3.63, 3.8) is 0 Å². The van der Waals surface area contributed by atoms with Gasteiger partial charge in [0.25, 0.3) is 0 Å². The molecular formula is C14H26N4O3. The number of likely N-dealkylation sites (N-methyl/N-ethyl adjacent to an activating group) is 1. The van der Waals surface area contributed by atoms with Gasteiger partial charge >= 0.3 is 0 Å². The van der Waals surface area contributed by atoms with E-state index in [2.05, 4.69) is 24.0 Å². The quantitative estimate of drug-likeness (QED) is 0.819. The Balaban J connectivity index is 2.61. The number of rotatable bonds is 7. The maximum Gasteiger partial charge on any atom is 0.246 e. The Kier molecular flexibility index (Phi) is 5.86. The first kappa shape index (κ1) is 17.6. The summed E-state index contributed by atoms with van der Waals surface area (Å²) in [6.45, 7) is 10.2. The average Bonchev–Trinajstić information content (AvgIpc) is 2.82. The van der Waals surface area contributed by atoms with Gasteiger partial charge in [-0.15, -0.1) is 0 Å². The predicted octanol–water partition coefficient (Wildman–Crippen LogP) is 1.50. The van der Waals surface area contributed by atoms with E-state index in [0.717, 1.165) is 0 Å². The molecule has 1 unspecified atom stereocenters. The summed E-state index contributed by atoms with van der Waals surface area (Å²) in [5, 5.41) is 3.89. The first-order valence-electron chi connectivity index (χ1n) is 7.09. The standard InChI is InChI=1S/C14H26N4O3/c1-9(2)8-20-10(3)12-16-11(21-17-12)7-18(6)13(19)14(4,5)15/h9-10H,7-8,15H2,1-6H3. The number of hydrogen-bond donors (Lipinski definition) is 1. The van der Waals surface area contributed by atoms with E-state index in [-0.39, 0.29) is 18.6 Å². The highest BCUT2D eigenvalue weighted by Gasteiger charge is 2.27. The summed E-state index contributed by atoms with van der Waals surface area (Å²) in [6, 6.07) is 0. The van der Waals surface area contributed by atoms with Gasteiger partial charge in [0, 0.05) is 13.7 Å². The van der Waals surface area contributed by atoms with Gasteiger partial charge in [-0.2, -0.15) is 4.98 Å². The van der Waals surface area contributed by atoms with Crippen molar-refractivity contribution < 1.29 is 14.1 Å². The average molecular weight is 298 g/mol. The van der Waals surface area contributed by atoms with Gasteiger partial charge in [-0.3, -0.25) is 4.79 Å². The minimum absolute atomic E-state index is 0.189. The molecule has 0 aromatic carbocycles. The number of carbonyl (C=O) groups is 1. The Morgan fingerprint density at radius 1 is 1.43 bits per heavy atom. The number of nitrogens with two attached hydrogens (primary N) is 1. The van der Waals surface area contributed by atoms with E-state index in [9.17, 15) is 4.79 Å². The molecule has 2 N–H and O–H groups in total. The predicted molar refractivity (Wildman–Crippen MR) is 78.2 cm³/mol. The lowest BCUT2D eigenvalue weighted by Gasteiger charge is -2.24. The number of nitrogens with zero attached hydrogens (tertiary/aromatic N) is 3. The third-order valence-electron chi connectivity index (χ3n) is 2.80. The Bertz CT molecular complexity index is 465. The van der Waals surface area contributed by atoms with Gasteiger partial charge < -0.3 is 19.9 Å². The highest BCUT2D eigenvalue weighted by Crippen LogP contribution is 2.15. The van der Waals surface area contributed by atoms with Gasteiger partial charge in [0.2, 0.25) is 11.8 Å². The normalized spacial score (nSPS) is 13.5. The second-order valence-electron chi connectivity index (χ2n) is 6.30. The summed E-state index contributed by atoms with van der Waals surface area (Å²) in [4.78, 5) is 17.7. The lowest BCUT2D eigenvalue weighted by molar-refractivity contribution is -0.135. The molecule has 1 rings (SSSR count). The van der Waals surface area contributed by atoms with Crippen LogP contribution in [0.25, 0.3) is 0 Å². The molecule has 0 radical (unpaired) electrons. The largest absolute Gasteiger partial charge is 0.370 e. The molecule has 0 aliphatic heterocycles. The zero-order valence-electron chi connectivity index (χ0n) is 13.7. The molecule has 0 saturated heterocycles. The van der Waals surface area contributed by atoms with Crippen molar-refractivity contribution in [1.82, 2.24) is 15.0 Å². The van der Waals surface area contributed by atoms with E-state index in [0.29, 0.717) is 24.2 Å². The molecule has 120 valence electrons. The third kappa shape index (κ3) is 5.43. The van der Waals surface area contributed by atoms with Crippen molar-refractivity contribution in [2.24, 2.45) is 11.7 Å². The molecule has 1 aromatic rings. The van der Waals surface area contributed by atoms with Crippen molar-refractivity contribution in [1.29, 1.82) is 0 Å². The Labute approximate surface area is 125 Å². The maximum atomic E-state index is 12.0. The van der Waals surface area contributed by atoms with Gasteiger partial charge in [0.1, 0.15) is 6.10 Å². The molecule has 0 fully saturated rings. The second-order valence-corrected chi connectivity index (χ2v) is 6.30. The van der Waals surface area contributed by atoms with Crippen molar-refractivity contribution in [3.05, 3.63) is 11.7 Å². The molecule has 0 bridgehead atoms. The molecule has 1 aromatic heterocycles. The lowest BCUT2D eigenvalue weighted by Crippen LogP contribution is -2.49. The van der Waals surface area contributed by atoms with Crippen molar-refractivity contribution in [2.45, 2.75) is 52.8 Å². The second kappa shape index (κ2) is 7.00. The van der Waals surface area contributed by atoms with Crippen LogP contribution in [-0.4, -0.2) is 40.1 Å². The van der Waals surface area contributed by atoms with Crippen LogP contribution in [0.15, 0.2) is 4.52 Å². The van der Waals surface area contributed by atoms with Crippen LogP contribution >= 0.6 is 0 Å². The van der Waals surface area contributed by atoms with Crippen molar-refractivity contribution in [3.8, 4) is 0 Å². The van der Waals surface area contributed by atoms with Crippen LogP contribution < -0.4 is 5.73 Å². The van der Waals surface area contributed by atoms with E-state index in [1.54, 1.807) is 20.9 Å². The van der Waals surface area contributed by atoms with E-state index >= 15 is 0 Å². The molecule has 1 atom stereocenters. The number of aromatic nitrogens is 2. The summed E-state index contributed by atoms with van der Waals surface area (Å²) < 4.78 is 10.8. The molecule has 0 saturated carbocycles. The van der Waals surface area contributed by atoms with Gasteiger partial charge in [-0.05, 0) is 26.7 Å². The van der Waals surface area contributed by atoms with Crippen LogP contribution in [0.5, 0.6) is 0 Å². The van der Waals surface area contributed by atoms with Crippen LogP contribution in [0.2, 0.25) is 0 Å². The molecule has 7 heteroatoms. The summed E-state index contributed by atoms with van der Waals surface area (Å²) in [5.74, 6) is 1.10. The van der Waals surface area contributed by atoms with Crippen molar-refractivity contribution >= 4 is 5.91 Å². The minimum atomic E-state index is -0.925. The van der Waals surface area contributed by atoms with Gasteiger partial charge in [0.15, 0.2) is 5.82 Å². The number of ether oxygens (including phenoxy) is 1. The maximum absolute atomic E-state index is 12.0. The smallest absolute Gasteiger partial charge is 0.246 e. The Hall–Kier alpha value is -1.47. The van der Waals surface area contributed by atoms with E-state index in [1.807, 2.05) is 6.92 Å². The number of hydrogen-bond acceptors (Lipinski definition) is 6. The fraction of sp³-hybridized carbons (Fsp3) is 0.786. The molecule has 7 nitrogen and oxygen atoms in total. The van der Waals surface area contributed by atoms with E-state index < -0.39 is 5.54 Å². The number of carbonyl (C=O) groups excluding carboxylic acids is 1. The van der Waals surface area contributed by atoms with Crippen molar-refractivity contribution in [2.75, 3.05) is 13.7 Å². The molecule has 1 amide bonds. The Morgan fingerprint density at radius 3 is 2.57 bits per heavy atom. The Morgan fingerprint density at radius 2 is 2.05 bits per heavy atom. The van der Waals surface area contributed by atoms with Crippen LogP contribution in [0.1, 0.15) is 52.4 Å². The molecular weight excluding hydrogens is 272 g/mol. The first-order valence-corrected chi connectivity index (χ1v) is 7.09. The first-order chi connectivity index (χ1) is 9.61. The molecule has 0 spiro atoms. The number of amides is 1. The third-order valence-corrected chi connectivity index (χ3v) is 2.80. The zero-order chi connectivity index (χ0) is 16.2. The van der Waals surface area contributed by atoms with E-state index in [1.165, 1.54) is 4.90 Å². The van der Waals surface area contributed by atoms with Gasteiger partial charge in [-0.1, -0.05) is 19.0 Å². The zero-order valence-corrected chi connectivity index (χ0v) is 13.7. The van der Waals surface area contributed by atoms with Crippen LogP contribution in [0, 0.1) is 5.92 Å². The lowest BCUT2D eigenvalue weighted by atomic mass is 10.1. The summed E-state index contributed by atoms with van der Waals surface area (Å²) in [6.07, 6.45) is -0.239. The summed E-state index contributed by atoms with van der Waals surface area (Å²) >= 11 is 0. The monoisotopic (exact) mass is 298 g/mol. The SMILES string of the molecule is CC(C)COC(C)c1noc(CN(C)C(=O)C(C)(C)N)n1. The van der Waals surface area contributed by atoms with Crippen LogP contribution in [-0.2, 0) is 16.1 Å². The molecule has 21 heavy (non-hydrogen) atoms. The van der Waals surface area contributed by atoms with E-state index in [4.69, 9.17) is 15.0 Å². The van der Waals surface area contributed by atoms with Gasteiger partial charge in [0.05, 0.1) is 12.1 Å². The van der Waals surface area contributed by atoms with Gasteiger partial charge in [-0.25, -0.2) is 0 Å². The summed E-state index contributed by atoms with van der Waals surface area (Å²) in [5.41, 5.74) is 4.85. The fourth-order valence-electron chi connectivity index (χ4n) is 1.68. The molecule has 0 aliphatic rings. The topological polar surface area (TPSA) is 94.5 Å². The highest BCUT2D eigenvalue weighted by atomic mass is 16.5. The summed E-state index contributed by atoms with van der Waals surface area (Å²) in [7, 11) is 1.65. The highest BCUT2D eigenvalue weighted by molar-refractivity contribution is 5.84.